The number of nitrogens with zero attached hydrogens (tertiary/aromatic N) is 2. The molecule has 6 nitrogen and oxygen atoms in total. The van der Waals surface area contributed by atoms with Crippen LogP contribution < -0.4 is 11.1 Å². The van der Waals surface area contributed by atoms with E-state index >= 15 is 0 Å². The van der Waals surface area contributed by atoms with E-state index < -0.39 is 0 Å². The Morgan fingerprint density at radius 3 is 2.67 bits per heavy atom. The van der Waals surface area contributed by atoms with Crippen LogP contribution in [0, 0.1) is 0 Å². The topological polar surface area (TPSA) is 78.7 Å². The van der Waals surface area contributed by atoms with Crippen molar-refractivity contribution in [1.29, 1.82) is 0 Å². The Hall–Kier alpha value is -1.66. The van der Waals surface area contributed by atoms with Crippen molar-refractivity contribution >= 4 is 46.5 Å². The second-order valence-electron chi connectivity index (χ2n) is 4.84. The van der Waals surface area contributed by atoms with Gasteiger partial charge in [0.05, 0.1) is 16.4 Å². The Labute approximate surface area is 132 Å². The molecule has 2 rings (SSSR count). The summed E-state index contributed by atoms with van der Waals surface area (Å²) in [4.78, 5) is 26.9. The number of urea groups is 1. The number of halogens is 2. The smallest absolute Gasteiger partial charge is 0.319 e. The highest BCUT2D eigenvalue weighted by atomic mass is 35.5. The van der Waals surface area contributed by atoms with Gasteiger partial charge >= 0.3 is 6.03 Å². The number of anilines is 2. The fraction of sp³-hybridized carbons (Fsp3) is 0.385. The lowest BCUT2D eigenvalue weighted by Crippen LogP contribution is -2.32. The third-order valence-corrected chi connectivity index (χ3v) is 3.78. The van der Waals surface area contributed by atoms with Crippen LogP contribution in [0.15, 0.2) is 12.1 Å². The van der Waals surface area contributed by atoms with Gasteiger partial charge in [-0.2, -0.15) is 0 Å². The lowest BCUT2D eigenvalue weighted by Gasteiger charge is -2.16. The predicted octanol–water partition coefficient (Wildman–Crippen LogP) is 2.27. The molecule has 1 aromatic carbocycles. The SMILES string of the molecule is CN1CCN(CCC(=O)Nc2c(N)cc(Cl)cc2Cl)C1=O. The number of nitrogens with two attached hydrogens (primary N) is 1. The molecule has 1 fully saturated rings. The van der Waals surface area contributed by atoms with E-state index in [1.54, 1.807) is 16.8 Å². The molecule has 0 radical (unpaired) electrons. The van der Waals surface area contributed by atoms with Gasteiger partial charge in [-0.3, -0.25) is 4.79 Å². The number of carbonyl (C=O) groups excluding carboxylic acids is 2. The molecule has 0 atom stereocenters. The predicted molar refractivity (Wildman–Crippen MR) is 83.7 cm³/mol. The first-order chi connectivity index (χ1) is 9.88. The normalized spacial score (nSPS) is 14.7. The van der Waals surface area contributed by atoms with E-state index in [9.17, 15) is 9.59 Å². The molecular weight excluding hydrogens is 315 g/mol. The van der Waals surface area contributed by atoms with Crippen LogP contribution in [0.25, 0.3) is 0 Å². The number of amides is 3. The van der Waals surface area contributed by atoms with E-state index in [4.69, 9.17) is 28.9 Å². The maximum atomic E-state index is 11.9. The Morgan fingerprint density at radius 1 is 1.38 bits per heavy atom. The summed E-state index contributed by atoms with van der Waals surface area (Å²) in [5.74, 6) is -0.256. The molecule has 0 spiro atoms. The zero-order valence-electron chi connectivity index (χ0n) is 11.5. The van der Waals surface area contributed by atoms with Crippen molar-refractivity contribution < 1.29 is 9.59 Å². The Kier molecular flexibility index (Phi) is 4.80. The van der Waals surface area contributed by atoms with Crippen molar-refractivity contribution in [2.75, 3.05) is 37.7 Å². The van der Waals surface area contributed by atoms with Crippen LogP contribution >= 0.6 is 23.2 Å². The van der Waals surface area contributed by atoms with Crippen LogP contribution in [0.4, 0.5) is 16.2 Å². The van der Waals surface area contributed by atoms with Crippen LogP contribution in [0.2, 0.25) is 10.0 Å². The van der Waals surface area contributed by atoms with Gasteiger partial charge in [0.2, 0.25) is 5.91 Å². The van der Waals surface area contributed by atoms with E-state index in [0.29, 0.717) is 36.0 Å². The Bertz CT molecular complexity index is 556. The molecule has 0 saturated carbocycles. The quantitative estimate of drug-likeness (QED) is 0.831. The van der Waals surface area contributed by atoms with E-state index in [1.807, 2.05) is 0 Å². The molecule has 3 N–H and O–H groups in total. The van der Waals surface area contributed by atoms with Gasteiger partial charge in [-0.25, -0.2) is 4.79 Å². The maximum Gasteiger partial charge on any atom is 0.319 e. The minimum atomic E-state index is -0.256. The van der Waals surface area contributed by atoms with E-state index in [-0.39, 0.29) is 23.4 Å². The molecule has 1 aromatic rings. The minimum absolute atomic E-state index is 0.0631. The van der Waals surface area contributed by atoms with E-state index in [1.165, 1.54) is 12.1 Å². The largest absolute Gasteiger partial charge is 0.397 e. The summed E-state index contributed by atoms with van der Waals surface area (Å²) in [5.41, 5.74) is 6.42. The first-order valence-electron chi connectivity index (χ1n) is 6.43. The molecule has 21 heavy (non-hydrogen) atoms. The Morgan fingerprint density at radius 2 is 2.10 bits per heavy atom. The van der Waals surface area contributed by atoms with Crippen molar-refractivity contribution in [1.82, 2.24) is 9.80 Å². The molecule has 0 bridgehead atoms. The molecule has 114 valence electrons. The first kappa shape index (κ1) is 15.7. The average molecular weight is 331 g/mol. The van der Waals surface area contributed by atoms with Gasteiger partial charge in [0.15, 0.2) is 0 Å². The monoisotopic (exact) mass is 330 g/mol. The van der Waals surface area contributed by atoms with Crippen LogP contribution in [0.1, 0.15) is 6.42 Å². The summed E-state index contributed by atoms with van der Waals surface area (Å²) in [6.07, 6.45) is 0.179. The van der Waals surface area contributed by atoms with Crippen molar-refractivity contribution in [3.8, 4) is 0 Å². The third kappa shape index (κ3) is 3.71. The zero-order chi connectivity index (χ0) is 15.6. The number of hydrogen-bond donors (Lipinski definition) is 2. The molecule has 8 heteroatoms. The standard InChI is InChI=1S/C13H16Cl2N4O2/c1-18-4-5-19(13(18)21)3-2-11(20)17-12-9(15)6-8(14)7-10(12)16/h6-7H,2-5,16H2,1H3,(H,17,20). The summed E-state index contributed by atoms with van der Waals surface area (Å²) >= 11 is 11.8. The molecule has 1 aliphatic rings. The van der Waals surface area contributed by atoms with Gasteiger partial charge in [-0.05, 0) is 12.1 Å². The van der Waals surface area contributed by atoms with Gasteiger partial charge in [0.25, 0.3) is 0 Å². The number of nitrogen functional groups attached to an aromatic ring is 1. The van der Waals surface area contributed by atoms with E-state index in [0.717, 1.165) is 0 Å². The van der Waals surface area contributed by atoms with Crippen LogP contribution in [-0.2, 0) is 4.79 Å². The summed E-state index contributed by atoms with van der Waals surface area (Å²) in [6.45, 7) is 1.67. The fourth-order valence-corrected chi connectivity index (χ4v) is 2.63. The van der Waals surface area contributed by atoms with Gasteiger partial charge < -0.3 is 20.9 Å². The van der Waals surface area contributed by atoms with Crippen molar-refractivity contribution in [2.24, 2.45) is 0 Å². The summed E-state index contributed by atoms with van der Waals surface area (Å²) in [6, 6.07) is 2.96. The first-order valence-corrected chi connectivity index (χ1v) is 7.18. The fourth-order valence-electron chi connectivity index (χ4n) is 2.07. The van der Waals surface area contributed by atoms with Gasteiger partial charge in [0, 0.05) is 38.1 Å². The summed E-state index contributed by atoms with van der Waals surface area (Å²) in [5, 5.41) is 3.34. The highest BCUT2D eigenvalue weighted by Gasteiger charge is 2.25. The molecule has 1 saturated heterocycles. The van der Waals surface area contributed by atoms with Gasteiger partial charge in [0.1, 0.15) is 0 Å². The van der Waals surface area contributed by atoms with Gasteiger partial charge in [-0.15, -0.1) is 0 Å². The molecule has 0 aliphatic carbocycles. The Balaban J connectivity index is 1.92. The number of benzene rings is 1. The lowest BCUT2D eigenvalue weighted by atomic mass is 10.2. The molecular formula is C13H16Cl2N4O2. The molecule has 1 heterocycles. The highest BCUT2D eigenvalue weighted by molar-refractivity contribution is 6.37. The van der Waals surface area contributed by atoms with E-state index in [2.05, 4.69) is 5.32 Å². The highest BCUT2D eigenvalue weighted by Crippen LogP contribution is 2.32. The van der Waals surface area contributed by atoms with Crippen LogP contribution in [0.3, 0.4) is 0 Å². The average Bonchev–Trinajstić information content (AvgIpc) is 2.72. The van der Waals surface area contributed by atoms with Gasteiger partial charge in [-0.1, -0.05) is 23.2 Å². The van der Waals surface area contributed by atoms with Crippen molar-refractivity contribution in [2.45, 2.75) is 6.42 Å². The lowest BCUT2D eigenvalue weighted by molar-refractivity contribution is -0.116. The number of nitrogens with one attached hydrogen (secondary N) is 1. The number of rotatable bonds is 4. The molecule has 1 aliphatic heterocycles. The van der Waals surface area contributed by atoms with Crippen LogP contribution in [0.5, 0.6) is 0 Å². The maximum absolute atomic E-state index is 11.9. The molecule has 0 aromatic heterocycles. The molecule has 3 amide bonds. The van der Waals surface area contributed by atoms with Crippen molar-refractivity contribution in [3.05, 3.63) is 22.2 Å². The molecule has 0 unspecified atom stereocenters. The van der Waals surface area contributed by atoms with Crippen molar-refractivity contribution in [3.63, 3.8) is 0 Å². The second kappa shape index (κ2) is 6.41. The number of carbonyl (C=O) groups is 2. The summed E-state index contributed by atoms with van der Waals surface area (Å²) < 4.78 is 0. The van der Waals surface area contributed by atoms with Crippen LogP contribution in [-0.4, -0.2) is 48.4 Å². The number of hydrogen-bond acceptors (Lipinski definition) is 3. The summed E-state index contributed by atoms with van der Waals surface area (Å²) in [7, 11) is 1.73. The number of likely N-dealkylation sites (N-methyl/N-ethyl adjacent to an activating group) is 1. The third-order valence-electron chi connectivity index (χ3n) is 3.26. The second-order valence-corrected chi connectivity index (χ2v) is 5.68. The zero-order valence-corrected chi connectivity index (χ0v) is 13.0. The minimum Gasteiger partial charge on any atom is -0.397 e.